The number of hydrogen-bond donors (Lipinski definition) is 0. The molecule has 1 atom stereocenters. The number of rotatable bonds is 4. The third kappa shape index (κ3) is 4.07. The Morgan fingerprint density at radius 1 is 1.00 bits per heavy atom. The lowest BCUT2D eigenvalue weighted by atomic mass is 9.89. The first-order chi connectivity index (χ1) is 9.90. The Kier molecular flexibility index (Phi) is 5.10. The molecule has 2 heterocycles. The Morgan fingerprint density at radius 3 is 2.50 bits per heavy atom. The Morgan fingerprint density at radius 2 is 1.80 bits per heavy atom. The van der Waals surface area contributed by atoms with Crippen LogP contribution in [0, 0.1) is 11.8 Å². The predicted octanol–water partition coefficient (Wildman–Crippen LogP) is 3.37. The molecule has 0 bridgehead atoms. The fourth-order valence-electron chi connectivity index (χ4n) is 3.64. The van der Waals surface area contributed by atoms with Gasteiger partial charge in [-0.05, 0) is 62.6 Å². The molecule has 2 fully saturated rings. The standard InChI is InChI=1S/C18H27NO/c1-2-5-16(6-3-1)13-17-8-10-19(11-9-17)14-18-7-4-12-20-15-18/h1-3,5-6,17-18H,4,7-15H2/t18-/m1/s1. The number of piperidine rings is 1. The topological polar surface area (TPSA) is 12.5 Å². The lowest BCUT2D eigenvalue weighted by Crippen LogP contribution is -2.39. The van der Waals surface area contributed by atoms with E-state index in [0.717, 1.165) is 25.0 Å². The van der Waals surface area contributed by atoms with Gasteiger partial charge < -0.3 is 9.64 Å². The zero-order valence-corrected chi connectivity index (χ0v) is 12.5. The zero-order chi connectivity index (χ0) is 13.6. The van der Waals surface area contributed by atoms with Crippen LogP contribution in [0.1, 0.15) is 31.2 Å². The van der Waals surface area contributed by atoms with Crippen molar-refractivity contribution in [2.75, 3.05) is 32.8 Å². The minimum atomic E-state index is 0.787. The van der Waals surface area contributed by atoms with Gasteiger partial charge >= 0.3 is 0 Å². The molecule has 110 valence electrons. The number of benzene rings is 1. The van der Waals surface area contributed by atoms with Crippen LogP contribution in [-0.2, 0) is 11.2 Å². The van der Waals surface area contributed by atoms with Crippen LogP contribution in [0.25, 0.3) is 0 Å². The summed E-state index contributed by atoms with van der Waals surface area (Å²) in [5, 5.41) is 0. The van der Waals surface area contributed by atoms with Gasteiger partial charge in [0.1, 0.15) is 0 Å². The van der Waals surface area contributed by atoms with Gasteiger partial charge in [0, 0.05) is 13.2 Å². The summed E-state index contributed by atoms with van der Waals surface area (Å²) < 4.78 is 5.60. The molecule has 0 radical (unpaired) electrons. The fourth-order valence-corrected chi connectivity index (χ4v) is 3.64. The summed E-state index contributed by atoms with van der Waals surface area (Å²) in [4.78, 5) is 2.67. The number of nitrogens with zero attached hydrogens (tertiary/aromatic N) is 1. The Labute approximate surface area is 123 Å². The summed E-state index contributed by atoms with van der Waals surface area (Å²) in [5.74, 6) is 1.67. The molecule has 0 amide bonds. The van der Waals surface area contributed by atoms with E-state index in [9.17, 15) is 0 Å². The van der Waals surface area contributed by atoms with Crippen molar-refractivity contribution in [2.45, 2.75) is 32.1 Å². The second-order valence-electron chi connectivity index (χ2n) is 6.52. The molecule has 0 unspecified atom stereocenters. The molecule has 1 aromatic carbocycles. The summed E-state index contributed by atoms with van der Waals surface area (Å²) in [6.45, 7) is 5.81. The van der Waals surface area contributed by atoms with E-state index in [4.69, 9.17) is 4.74 Å². The van der Waals surface area contributed by atoms with Crippen molar-refractivity contribution in [1.29, 1.82) is 0 Å². The van der Waals surface area contributed by atoms with E-state index in [1.165, 1.54) is 57.3 Å². The van der Waals surface area contributed by atoms with Crippen LogP contribution >= 0.6 is 0 Å². The highest BCUT2D eigenvalue weighted by Gasteiger charge is 2.23. The first kappa shape index (κ1) is 14.1. The quantitative estimate of drug-likeness (QED) is 0.834. The molecule has 0 aliphatic carbocycles. The van der Waals surface area contributed by atoms with Crippen molar-refractivity contribution >= 4 is 0 Å². The molecule has 1 aromatic rings. The summed E-state index contributed by atoms with van der Waals surface area (Å²) in [6.07, 6.45) is 6.62. The Hall–Kier alpha value is -0.860. The van der Waals surface area contributed by atoms with Crippen molar-refractivity contribution in [3.05, 3.63) is 35.9 Å². The summed E-state index contributed by atoms with van der Waals surface area (Å²) in [5.41, 5.74) is 1.51. The van der Waals surface area contributed by atoms with Gasteiger partial charge in [-0.15, -0.1) is 0 Å². The van der Waals surface area contributed by atoms with Crippen LogP contribution in [0.3, 0.4) is 0 Å². The van der Waals surface area contributed by atoms with Crippen LogP contribution in [0.4, 0.5) is 0 Å². The fraction of sp³-hybridized carbons (Fsp3) is 0.667. The highest BCUT2D eigenvalue weighted by molar-refractivity contribution is 5.15. The van der Waals surface area contributed by atoms with Crippen molar-refractivity contribution in [3.63, 3.8) is 0 Å². The smallest absolute Gasteiger partial charge is 0.0506 e. The molecule has 2 aliphatic heterocycles. The minimum absolute atomic E-state index is 0.787. The Bertz CT molecular complexity index is 378. The first-order valence-electron chi connectivity index (χ1n) is 8.24. The molecule has 3 rings (SSSR count). The molecule has 2 nitrogen and oxygen atoms in total. The maximum atomic E-state index is 5.60. The van der Waals surface area contributed by atoms with Crippen LogP contribution in [0.15, 0.2) is 30.3 Å². The third-order valence-electron chi connectivity index (χ3n) is 4.85. The minimum Gasteiger partial charge on any atom is -0.381 e. The van der Waals surface area contributed by atoms with E-state index in [-0.39, 0.29) is 0 Å². The number of likely N-dealkylation sites (tertiary alicyclic amines) is 1. The summed E-state index contributed by atoms with van der Waals surface area (Å²) >= 11 is 0. The normalized spacial score (nSPS) is 25.7. The van der Waals surface area contributed by atoms with Crippen molar-refractivity contribution < 1.29 is 4.74 Å². The van der Waals surface area contributed by atoms with E-state index in [2.05, 4.69) is 35.2 Å². The van der Waals surface area contributed by atoms with Gasteiger partial charge in [-0.3, -0.25) is 0 Å². The van der Waals surface area contributed by atoms with Crippen LogP contribution in [0.2, 0.25) is 0 Å². The third-order valence-corrected chi connectivity index (χ3v) is 4.85. The van der Waals surface area contributed by atoms with E-state index >= 15 is 0 Å². The van der Waals surface area contributed by atoms with Crippen molar-refractivity contribution in [2.24, 2.45) is 11.8 Å². The lowest BCUT2D eigenvalue weighted by Gasteiger charge is -2.35. The molecule has 2 heteroatoms. The van der Waals surface area contributed by atoms with Gasteiger partial charge in [-0.1, -0.05) is 30.3 Å². The second-order valence-corrected chi connectivity index (χ2v) is 6.52. The summed E-state index contributed by atoms with van der Waals surface area (Å²) in [7, 11) is 0. The maximum absolute atomic E-state index is 5.60. The van der Waals surface area contributed by atoms with Gasteiger partial charge in [0.15, 0.2) is 0 Å². The molecule has 0 N–H and O–H groups in total. The molecular formula is C18H27NO. The predicted molar refractivity (Wildman–Crippen MR) is 82.9 cm³/mol. The highest BCUT2D eigenvalue weighted by atomic mass is 16.5. The van der Waals surface area contributed by atoms with Crippen LogP contribution in [0.5, 0.6) is 0 Å². The average molecular weight is 273 g/mol. The van der Waals surface area contributed by atoms with Gasteiger partial charge in [-0.2, -0.15) is 0 Å². The second kappa shape index (κ2) is 7.24. The molecular weight excluding hydrogens is 246 g/mol. The van der Waals surface area contributed by atoms with Crippen LogP contribution < -0.4 is 0 Å². The molecule has 2 saturated heterocycles. The van der Waals surface area contributed by atoms with E-state index < -0.39 is 0 Å². The van der Waals surface area contributed by atoms with Gasteiger partial charge in [-0.25, -0.2) is 0 Å². The lowest BCUT2D eigenvalue weighted by molar-refractivity contribution is 0.0327. The highest BCUT2D eigenvalue weighted by Crippen LogP contribution is 2.23. The number of hydrogen-bond acceptors (Lipinski definition) is 2. The van der Waals surface area contributed by atoms with Crippen molar-refractivity contribution in [1.82, 2.24) is 4.90 Å². The summed E-state index contributed by atoms with van der Waals surface area (Å²) in [6, 6.07) is 11.0. The number of ether oxygens (including phenoxy) is 1. The SMILES string of the molecule is c1ccc(CC2CCN(C[C@H]3CCCOC3)CC2)cc1. The molecule has 0 aromatic heterocycles. The monoisotopic (exact) mass is 273 g/mol. The van der Waals surface area contributed by atoms with E-state index in [1.54, 1.807) is 0 Å². The average Bonchev–Trinajstić information content (AvgIpc) is 2.51. The zero-order valence-electron chi connectivity index (χ0n) is 12.5. The van der Waals surface area contributed by atoms with Gasteiger partial charge in [0.05, 0.1) is 6.61 Å². The molecule has 20 heavy (non-hydrogen) atoms. The van der Waals surface area contributed by atoms with E-state index in [0.29, 0.717) is 0 Å². The maximum Gasteiger partial charge on any atom is 0.0506 e. The molecule has 0 saturated carbocycles. The Balaban J connectivity index is 1.40. The van der Waals surface area contributed by atoms with Gasteiger partial charge in [0.2, 0.25) is 0 Å². The molecule has 2 aliphatic rings. The van der Waals surface area contributed by atoms with Crippen molar-refractivity contribution in [3.8, 4) is 0 Å². The molecule has 0 spiro atoms. The largest absolute Gasteiger partial charge is 0.381 e. The van der Waals surface area contributed by atoms with E-state index in [1.807, 2.05) is 0 Å². The first-order valence-corrected chi connectivity index (χ1v) is 8.24. The van der Waals surface area contributed by atoms with Crippen LogP contribution in [-0.4, -0.2) is 37.7 Å². The van der Waals surface area contributed by atoms with Gasteiger partial charge in [0.25, 0.3) is 0 Å².